The SMILES string of the molecule is COc1ccc(C(=O)NCCCOc2ccc(S(=O)(=O)C3(C(=O)NO)CCOCC3)cc2)c(OC)c1. The summed E-state index contributed by atoms with van der Waals surface area (Å²) in [5.74, 6) is 0.149. The number of sulfone groups is 1. The third-order valence-electron chi connectivity index (χ3n) is 5.99. The van der Waals surface area contributed by atoms with E-state index >= 15 is 0 Å². The molecule has 12 heteroatoms. The van der Waals surface area contributed by atoms with Crippen LogP contribution >= 0.6 is 0 Å². The zero-order valence-corrected chi connectivity index (χ0v) is 20.9. The normalized spacial score (nSPS) is 15.0. The highest BCUT2D eigenvalue weighted by Crippen LogP contribution is 2.35. The van der Waals surface area contributed by atoms with Crippen LogP contribution in [0.3, 0.4) is 0 Å². The Balaban J connectivity index is 1.54. The summed E-state index contributed by atoms with van der Waals surface area (Å²) in [5.41, 5.74) is 1.87. The second-order valence-corrected chi connectivity index (χ2v) is 10.3. The van der Waals surface area contributed by atoms with E-state index in [-0.39, 0.29) is 43.5 Å². The Hall–Kier alpha value is -3.35. The number of carbonyl (C=O) groups excluding carboxylic acids is 2. The number of benzene rings is 2. The molecule has 2 amide bonds. The number of nitrogens with one attached hydrogen (secondary N) is 2. The van der Waals surface area contributed by atoms with Gasteiger partial charge in [0, 0.05) is 25.8 Å². The molecule has 0 spiro atoms. The molecular formula is C24H30N2O9S. The van der Waals surface area contributed by atoms with E-state index in [0.717, 1.165) is 0 Å². The number of hydrogen-bond donors (Lipinski definition) is 3. The number of hydrogen-bond acceptors (Lipinski definition) is 9. The Morgan fingerprint density at radius 2 is 1.69 bits per heavy atom. The van der Waals surface area contributed by atoms with Crippen molar-refractivity contribution in [2.45, 2.75) is 28.9 Å². The quantitative estimate of drug-likeness (QED) is 0.228. The van der Waals surface area contributed by atoms with Crippen molar-refractivity contribution in [2.24, 2.45) is 0 Å². The van der Waals surface area contributed by atoms with Crippen LogP contribution < -0.4 is 25.0 Å². The molecule has 0 saturated carbocycles. The van der Waals surface area contributed by atoms with E-state index < -0.39 is 20.5 Å². The number of amides is 2. The summed E-state index contributed by atoms with van der Waals surface area (Å²) in [5, 5.41) is 11.9. The molecule has 1 aliphatic rings. The van der Waals surface area contributed by atoms with Gasteiger partial charge in [-0.1, -0.05) is 0 Å². The third kappa shape index (κ3) is 5.72. The van der Waals surface area contributed by atoms with Crippen molar-refractivity contribution >= 4 is 21.7 Å². The first kappa shape index (κ1) is 27.2. The van der Waals surface area contributed by atoms with Gasteiger partial charge in [0.2, 0.25) is 0 Å². The van der Waals surface area contributed by atoms with Crippen LogP contribution in [-0.2, 0) is 19.4 Å². The zero-order valence-electron chi connectivity index (χ0n) is 20.1. The lowest BCUT2D eigenvalue weighted by molar-refractivity contribution is -0.134. The van der Waals surface area contributed by atoms with Crippen molar-refractivity contribution in [3.63, 3.8) is 0 Å². The highest BCUT2D eigenvalue weighted by Gasteiger charge is 2.52. The van der Waals surface area contributed by atoms with Gasteiger partial charge in [-0.15, -0.1) is 0 Å². The van der Waals surface area contributed by atoms with Gasteiger partial charge in [-0.05, 0) is 55.7 Å². The van der Waals surface area contributed by atoms with E-state index in [1.807, 2.05) is 0 Å². The largest absolute Gasteiger partial charge is 0.497 e. The smallest absolute Gasteiger partial charge is 0.265 e. The van der Waals surface area contributed by atoms with Crippen molar-refractivity contribution in [1.82, 2.24) is 10.8 Å². The lowest BCUT2D eigenvalue weighted by Gasteiger charge is -2.34. The van der Waals surface area contributed by atoms with Crippen LogP contribution in [0.25, 0.3) is 0 Å². The van der Waals surface area contributed by atoms with Gasteiger partial charge in [0.1, 0.15) is 17.2 Å². The number of rotatable bonds is 11. The number of hydroxylamine groups is 1. The number of methoxy groups -OCH3 is 2. The van der Waals surface area contributed by atoms with Gasteiger partial charge in [-0.3, -0.25) is 14.8 Å². The van der Waals surface area contributed by atoms with E-state index in [1.165, 1.54) is 44.0 Å². The molecule has 2 aromatic carbocycles. The average molecular weight is 523 g/mol. The summed E-state index contributed by atoms with van der Waals surface area (Å²) in [4.78, 5) is 24.7. The first-order valence-electron chi connectivity index (χ1n) is 11.3. The van der Waals surface area contributed by atoms with E-state index in [9.17, 15) is 18.0 Å². The molecule has 2 aromatic rings. The van der Waals surface area contributed by atoms with Crippen LogP contribution in [0, 0.1) is 0 Å². The summed E-state index contributed by atoms with van der Waals surface area (Å²) < 4.78 is 45.9. The fraction of sp³-hybridized carbons (Fsp3) is 0.417. The maximum atomic E-state index is 13.3. The minimum atomic E-state index is -4.10. The topological polar surface area (TPSA) is 149 Å². The molecule has 196 valence electrons. The number of ether oxygens (including phenoxy) is 4. The molecule has 3 N–H and O–H groups in total. The molecule has 1 heterocycles. The van der Waals surface area contributed by atoms with Crippen molar-refractivity contribution in [1.29, 1.82) is 0 Å². The van der Waals surface area contributed by atoms with Gasteiger partial charge in [0.05, 0.1) is 31.3 Å². The van der Waals surface area contributed by atoms with E-state index in [1.54, 1.807) is 18.2 Å². The summed E-state index contributed by atoms with van der Waals surface area (Å²) >= 11 is 0. The second kappa shape index (κ2) is 12.1. The molecule has 0 aliphatic carbocycles. The van der Waals surface area contributed by atoms with Crippen LogP contribution in [0.1, 0.15) is 29.6 Å². The van der Waals surface area contributed by atoms with Crippen LogP contribution in [0.4, 0.5) is 0 Å². The fourth-order valence-electron chi connectivity index (χ4n) is 3.91. The van der Waals surface area contributed by atoms with E-state index in [4.69, 9.17) is 24.2 Å². The van der Waals surface area contributed by atoms with Crippen molar-refractivity contribution < 1.29 is 42.2 Å². The molecule has 11 nitrogen and oxygen atoms in total. The molecule has 0 radical (unpaired) electrons. The molecule has 1 saturated heterocycles. The molecule has 1 fully saturated rings. The van der Waals surface area contributed by atoms with Gasteiger partial charge < -0.3 is 24.3 Å². The monoisotopic (exact) mass is 522 g/mol. The Morgan fingerprint density at radius 1 is 1.03 bits per heavy atom. The predicted octanol–water partition coefficient (Wildman–Crippen LogP) is 1.73. The average Bonchev–Trinajstić information content (AvgIpc) is 2.92. The molecule has 3 rings (SSSR count). The Labute approximate surface area is 209 Å². The van der Waals surface area contributed by atoms with Crippen molar-refractivity contribution in [3.05, 3.63) is 48.0 Å². The molecule has 0 bridgehead atoms. The second-order valence-electron chi connectivity index (χ2n) is 8.05. The lowest BCUT2D eigenvalue weighted by Crippen LogP contribution is -2.54. The van der Waals surface area contributed by atoms with Crippen molar-refractivity contribution in [3.8, 4) is 17.2 Å². The van der Waals surface area contributed by atoms with Gasteiger partial charge >= 0.3 is 0 Å². The zero-order chi connectivity index (χ0) is 26.2. The minimum Gasteiger partial charge on any atom is -0.497 e. The predicted molar refractivity (Wildman–Crippen MR) is 128 cm³/mol. The van der Waals surface area contributed by atoms with E-state index in [0.29, 0.717) is 35.8 Å². The minimum absolute atomic E-state index is 0.0546. The van der Waals surface area contributed by atoms with Crippen LogP contribution in [0.15, 0.2) is 47.4 Å². The summed E-state index contributed by atoms with van der Waals surface area (Å²) in [6, 6.07) is 10.6. The van der Waals surface area contributed by atoms with Gasteiger partial charge in [0.25, 0.3) is 11.8 Å². The molecule has 0 aromatic heterocycles. The summed E-state index contributed by atoms with van der Waals surface area (Å²) in [7, 11) is -1.10. The maximum absolute atomic E-state index is 13.3. The van der Waals surface area contributed by atoms with Crippen LogP contribution in [0.2, 0.25) is 0 Å². The van der Waals surface area contributed by atoms with Crippen LogP contribution in [0.5, 0.6) is 17.2 Å². The molecule has 0 unspecified atom stereocenters. The molecule has 1 aliphatic heterocycles. The summed E-state index contributed by atoms with van der Waals surface area (Å²) in [6.45, 7) is 0.812. The third-order valence-corrected chi connectivity index (χ3v) is 8.51. The highest BCUT2D eigenvalue weighted by atomic mass is 32.2. The standard InChI is InChI=1S/C24H30N2O9S/c1-32-18-6-9-20(21(16-18)33-2)22(27)25-12-3-13-35-17-4-7-19(8-5-17)36(30,31)24(23(28)26-29)10-14-34-15-11-24/h4-9,16,29H,3,10-15H2,1-2H3,(H,25,27)(H,26,28). The van der Waals surface area contributed by atoms with E-state index in [2.05, 4.69) is 5.32 Å². The Kier molecular flexibility index (Phi) is 9.13. The fourth-order valence-corrected chi connectivity index (χ4v) is 5.85. The first-order chi connectivity index (χ1) is 17.3. The Morgan fingerprint density at radius 3 is 2.31 bits per heavy atom. The van der Waals surface area contributed by atoms with Crippen LogP contribution in [-0.4, -0.2) is 70.8 Å². The van der Waals surface area contributed by atoms with Crippen molar-refractivity contribution in [2.75, 3.05) is 40.6 Å². The number of carbonyl (C=O) groups is 2. The van der Waals surface area contributed by atoms with Gasteiger partial charge in [-0.25, -0.2) is 13.9 Å². The first-order valence-corrected chi connectivity index (χ1v) is 12.8. The Bertz CT molecular complexity index is 1160. The molecule has 0 atom stereocenters. The molecular weight excluding hydrogens is 492 g/mol. The highest BCUT2D eigenvalue weighted by molar-refractivity contribution is 7.93. The summed E-state index contributed by atoms with van der Waals surface area (Å²) in [6.07, 6.45) is 0.381. The maximum Gasteiger partial charge on any atom is 0.265 e. The van der Waals surface area contributed by atoms with Gasteiger partial charge in [0.15, 0.2) is 14.6 Å². The molecule has 36 heavy (non-hydrogen) atoms. The lowest BCUT2D eigenvalue weighted by atomic mass is 9.98. The van der Waals surface area contributed by atoms with Gasteiger partial charge in [-0.2, -0.15) is 0 Å².